The predicted octanol–water partition coefficient (Wildman–Crippen LogP) is 4.93. The largest absolute Gasteiger partial charge is 0.357 e. The van der Waals surface area contributed by atoms with E-state index in [1.54, 1.807) is 0 Å². The number of nitrogens with one attached hydrogen (secondary N) is 2. The highest BCUT2D eigenvalue weighted by molar-refractivity contribution is 14.0. The molecule has 3 aromatic rings. The molecule has 1 heterocycles. The maximum absolute atomic E-state index is 4.79. The fraction of sp³-hybridized carbons (Fsp3) is 0.333. The highest BCUT2D eigenvalue weighted by Gasteiger charge is 2.06. The summed E-state index contributed by atoms with van der Waals surface area (Å²) < 4.78 is 2.07. The van der Waals surface area contributed by atoms with Crippen LogP contribution in [-0.4, -0.2) is 28.6 Å². The van der Waals surface area contributed by atoms with Gasteiger partial charge in [0.2, 0.25) is 0 Å². The smallest absolute Gasteiger partial charge is 0.191 e. The zero-order valence-electron chi connectivity index (χ0n) is 18.0. The minimum atomic E-state index is 0. The lowest BCUT2D eigenvalue weighted by Crippen LogP contribution is -2.39. The molecule has 1 aromatic heterocycles. The van der Waals surface area contributed by atoms with Gasteiger partial charge in [0.1, 0.15) is 0 Å². The van der Waals surface area contributed by atoms with Crippen molar-refractivity contribution < 1.29 is 0 Å². The van der Waals surface area contributed by atoms with Gasteiger partial charge < -0.3 is 15.2 Å². The van der Waals surface area contributed by atoms with Crippen LogP contribution < -0.4 is 10.6 Å². The Labute approximate surface area is 197 Å². The van der Waals surface area contributed by atoms with Crippen LogP contribution in [0.3, 0.4) is 0 Å². The molecule has 160 valence electrons. The normalized spacial score (nSPS) is 11.3. The highest BCUT2D eigenvalue weighted by atomic mass is 127. The molecule has 30 heavy (non-hydrogen) atoms. The van der Waals surface area contributed by atoms with E-state index in [-0.39, 0.29) is 24.0 Å². The fourth-order valence-electron chi connectivity index (χ4n) is 3.13. The topological polar surface area (TPSA) is 54.2 Å². The van der Waals surface area contributed by atoms with Gasteiger partial charge in [0, 0.05) is 32.0 Å². The number of aromatic nitrogens is 2. The van der Waals surface area contributed by atoms with Gasteiger partial charge in [-0.2, -0.15) is 0 Å². The first-order chi connectivity index (χ1) is 14.2. The summed E-state index contributed by atoms with van der Waals surface area (Å²) in [4.78, 5) is 8.90. The van der Waals surface area contributed by atoms with E-state index in [0.29, 0.717) is 12.5 Å². The first-order valence-corrected chi connectivity index (χ1v) is 10.3. The molecule has 0 radical (unpaired) electrons. The molecule has 0 unspecified atom stereocenters. The van der Waals surface area contributed by atoms with Crippen LogP contribution in [0.2, 0.25) is 0 Å². The van der Waals surface area contributed by atoms with Crippen molar-refractivity contribution in [2.45, 2.75) is 33.9 Å². The van der Waals surface area contributed by atoms with Crippen molar-refractivity contribution in [1.29, 1.82) is 0 Å². The van der Waals surface area contributed by atoms with E-state index in [2.05, 4.69) is 89.5 Å². The number of halogens is 1. The Morgan fingerprint density at radius 3 is 2.50 bits per heavy atom. The second kappa shape index (κ2) is 12.4. The van der Waals surface area contributed by atoms with E-state index in [9.17, 15) is 0 Å². The number of nitrogens with zero attached hydrogens (tertiary/aromatic N) is 3. The number of aliphatic imine (C=N–C) groups is 1. The molecule has 0 bridgehead atoms. The number of hydrogen-bond acceptors (Lipinski definition) is 2. The summed E-state index contributed by atoms with van der Waals surface area (Å²) in [5.41, 5.74) is 4.92. The molecule has 0 aliphatic rings. The second-order valence-electron chi connectivity index (χ2n) is 7.56. The Morgan fingerprint density at radius 2 is 1.83 bits per heavy atom. The Balaban J connectivity index is 0.00000320. The maximum Gasteiger partial charge on any atom is 0.191 e. The zero-order valence-corrected chi connectivity index (χ0v) is 20.3. The molecule has 0 aliphatic carbocycles. The number of guanidine groups is 1. The lowest BCUT2D eigenvalue weighted by molar-refractivity contribution is 0.615. The highest BCUT2D eigenvalue weighted by Crippen LogP contribution is 2.25. The van der Waals surface area contributed by atoms with Crippen LogP contribution in [0.1, 0.15) is 31.9 Å². The molecule has 0 aliphatic heterocycles. The van der Waals surface area contributed by atoms with E-state index in [0.717, 1.165) is 25.6 Å². The molecular formula is C24H32IN5. The molecule has 0 spiro atoms. The molecule has 0 saturated carbocycles. The van der Waals surface area contributed by atoms with Gasteiger partial charge in [0.05, 0.1) is 12.9 Å². The van der Waals surface area contributed by atoms with Crippen LogP contribution in [-0.2, 0) is 13.1 Å². The van der Waals surface area contributed by atoms with Crippen molar-refractivity contribution >= 4 is 29.9 Å². The molecular weight excluding hydrogens is 485 g/mol. The van der Waals surface area contributed by atoms with Crippen LogP contribution in [0.4, 0.5) is 0 Å². The molecule has 0 atom stereocenters. The van der Waals surface area contributed by atoms with Crippen LogP contribution in [0, 0.1) is 5.92 Å². The third-order valence-electron chi connectivity index (χ3n) is 4.64. The van der Waals surface area contributed by atoms with Crippen molar-refractivity contribution in [3.63, 3.8) is 0 Å². The third-order valence-corrected chi connectivity index (χ3v) is 4.64. The molecule has 2 aromatic carbocycles. The third kappa shape index (κ3) is 7.16. The average Bonchev–Trinajstić information content (AvgIpc) is 3.24. The summed E-state index contributed by atoms with van der Waals surface area (Å²) in [5, 5.41) is 6.74. The number of hydrogen-bond donors (Lipinski definition) is 2. The van der Waals surface area contributed by atoms with Gasteiger partial charge in [-0.3, -0.25) is 0 Å². The summed E-state index contributed by atoms with van der Waals surface area (Å²) in [5.74, 6) is 1.44. The van der Waals surface area contributed by atoms with Gasteiger partial charge >= 0.3 is 0 Å². The van der Waals surface area contributed by atoms with E-state index in [1.165, 1.54) is 22.3 Å². The molecule has 0 fully saturated rings. The van der Waals surface area contributed by atoms with Crippen molar-refractivity contribution in [2.24, 2.45) is 10.9 Å². The van der Waals surface area contributed by atoms with Crippen LogP contribution in [0.15, 0.2) is 72.2 Å². The van der Waals surface area contributed by atoms with Gasteiger partial charge in [-0.25, -0.2) is 9.98 Å². The fourth-order valence-corrected chi connectivity index (χ4v) is 3.13. The van der Waals surface area contributed by atoms with E-state index >= 15 is 0 Å². The number of benzene rings is 2. The lowest BCUT2D eigenvalue weighted by atomic mass is 9.98. The molecule has 3 rings (SSSR count). The second-order valence-corrected chi connectivity index (χ2v) is 7.56. The monoisotopic (exact) mass is 517 g/mol. The molecule has 0 amide bonds. The first kappa shape index (κ1) is 23.9. The first-order valence-electron chi connectivity index (χ1n) is 10.3. The van der Waals surface area contributed by atoms with Crippen molar-refractivity contribution in [2.75, 3.05) is 13.1 Å². The number of imidazole rings is 1. The van der Waals surface area contributed by atoms with Crippen LogP contribution >= 0.6 is 24.0 Å². The Bertz CT molecular complexity index is 902. The Kier molecular flexibility index (Phi) is 9.86. The zero-order chi connectivity index (χ0) is 20.5. The molecule has 5 nitrogen and oxygen atoms in total. The summed E-state index contributed by atoms with van der Waals surface area (Å²) in [6.45, 7) is 9.71. The van der Waals surface area contributed by atoms with E-state index in [4.69, 9.17) is 4.99 Å². The van der Waals surface area contributed by atoms with E-state index in [1.807, 2.05) is 18.7 Å². The summed E-state index contributed by atoms with van der Waals surface area (Å²) in [7, 11) is 0. The van der Waals surface area contributed by atoms with Gasteiger partial charge in [-0.15, -0.1) is 24.0 Å². The predicted molar refractivity (Wildman–Crippen MR) is 136 cm³/mol. The van der Waals surface area contributed by atoms with Crippen molar-refractivity contribution in [3.8, 4) is 11.1 Å². The van der Waals surface area contributed by atoms with Crippen LogP contribution in [0.25, 0.3) is 11.1 Å². The standard InChI is InChI=1S/C24H31N5.HI/c1-4-26-24(27-15-19(2)3)28-16-22-7-5-6-8-23(22)21-11-9-20(10-12-21)17-29-14-13-25-18-29;/h5-14,18-19H,4,15-17H2,1-3H3,(H2,26,27,28);1H. The number of rotatable bonds is 8. The maximum atomic E-state index is 4.79. The molecule has 6 heteroatoms. The van der Waals surface area contributed by atoms with Gasteiger partial charge in [-0.05, 0) is 35.1 Å². The molecule has 2 N–H and O–H groups in total. The van der Waals surface area contributed by atoms with E-state index < -0.39 is 0 Å². The van der Waals surface area contributed by atoms with Crippen molar-refractivity contribution in [3.05, 3.63) is 78.4 Å². The molecule has 0 saturated heterocycles. The van der Waals surface area contributed by atoms with Crippen molar-refractivity contribution in [1.82, 2.24) is 20.2 Å². The summed E-state index contributed by atoms with van der Waals surface area (Å²) in [6, 6.07) is 17.2. The van der Waals surface area contributed by atoms with Gasteiger partial charge in [0.15, 0.2) is 5.96 Å². The Hall–Kier alpha value is -2.35. The van der Waals surface area contributed by atoms with Crippen LogP contribution in [0.5, 0.6) is 0 Å². The quantitative estimate of drug-likeness (QED) is 0.253. The Morgan fingerprint density at radius 1 is 1.07 bits per heavy atom. The summed E-state index contributed by atoms with van der Waals surface area (Å²) >= 11 is 0. The minimum absolute atomic E-state index is 0. The van der Waals surface area contributed by atoms with Gasteiger partial charge in [-0.1, -0.05) is 62.4 Å². The SMILES string of the molecule is CCNC(=NCc1ccccc1-c1ccc(Cn2ccnc2)cc1)NCC(C)C.I. The lowest BCUT2D eigenvalue weighted by Gasteiger charge is -2.14. The minimum Gasteiger partial charge on any atom is -0.357 e. The average molecular weight is 517 g/mol. The van der Waals surface area contributed by atoms with Gasteiger partial charge in [0.25, 0.3) is 0 Å². The summed E-state index contributed by atoms with van der Waals surface area (Å²) in [6.07, 6.45) is 5.63.